The second-order valence-corrected chi connectivity index (χ2v) is 9.98. The number of nitrogens with zero attached hydrogens (tertiary/aromatic N) is 4. The molecule has 3 heterocycles. The van der Waals surface area contributed by atoms with Gasteiger partial charge in [-0.3, -0.25) is 9.36 Å². The third kappa shape index (κ3) is 5.52. The van der Waals surface area contributed by atoms with Crippen molar-refractivity contribution in [3.63, 3.8) is 0 Å². The van der Waals surface area contributed by atoms with E-state index in [4.69, 9.17) is 15.5 Å². The first-order valence-corrected chi connectivity index (χ1v) is 12.6. The van der Waals surface area contributed by atoms with Crippen LogP contribution < -0.4 is 16.4 Å². The number of amides is 1. The first-order valence-electron chi connectivity index (χ1n) is 12.6. The van der Waals surface area contributed by atoms with Crippen molar-refractivity contribution < 1.29 is 27.1 Å². The molecule has 1 saturated heterocycles. The molecule has 5 rings (SSSR count). The highest BCUT2D eigenvalue weighted by atomic mass is 19.4. The fraction of sp³-hybridized carbons (Fsp3) is 0.520. The molecule has 4 N–H and O–H groups in total. The Morgan fingerprint density at radius 3 is 2.61 bits per heavy atom. The minimum Gasteiger partial charge on any atom is -0.378 e. The minimum atomic E-state index is -4.63. The monoisotopic (exact) mass is 535 g/mol. The fourth-order valence-corrected chi connectivity index (χ4v) is 5.24. The summed E-state index contributed by atoms with van der Waals surface area (Å²) in [6.45, 7) is 2.62. The second-order valence-electron chi connectivity index (χ2n) is 9.98. The molecule has 2 aliphatic rings. The van der Waals surface area contributed by atoms with Crippen molar-refractivity contribution in [1.29, 1.82) is 0 Å². The Hall–Kier alpha value is -3.48. The number of aromatic nitrogens is 4. The Bertz CT molecular complexity index is 1320. The van der Waals surface area contributed by atoms with E-state index in [1.165, 1.54) is 6.20 Å². The van der Waals surface area contributed by atoms with Gasteiger partial charge in [-0.05, 0) is 63.6 Å². The van der Waals surface area contributed by atoms with Crippen molar-refractivity contribution >= 4 is 34.7 Å². The van der Waals surface area contributed by atoms with Gasteiger partial charge in [0.2, 0.25) is 17.8 Å². The maximum atomic E-state index is 14.6. The van der Waals surface area contributed by atoms with E-state index in [1.54, 1.807) is 4.57 Å². The van der Waals surface area contributed by atoms with E-state index < -0.39 is 17.6 Å². The zero-order valence-electron chi connectivity index (χ0n) is 20.8. The maximum Gasteiger partial charge on any atom is 0.416 e. The van der Waals surface area contributed by atoms with Gasteiger partial charge < -0.3 is 21.1 Å². The quantitative estimate of drug-likeness (QED) is 0.383. The number of imidazole rings is 1. The van der Waals surface area contributed by atoms with E-state index in [9.17, 15) is 22.4 Å². The van der Waals surface area contributed by atoms with Crippen molar-refractivity contribution in [2.24, 2.45) is 11.7 Å². The van der Waals surface area contributed by atoms with Crippen LogP contribution in [0.1, 0.15) is 57.1 Å². The molecule has 38 heavy (non-hydrogen) atoms. The smallest absolute Gasteiger partial charge is 0.378 e. The molecule has 13 heteroatoms. The van der Waals surface area contributed by atoms with Crippen LogP contribution in [0, 0.1) is 11.7 Å². The molecule has 0 unspecified atom stereocenters. The summed E-state index contributed by atoms with van der Waals surface area (Å²) in [5, 5.41) is 6.10. The number of primary amides is 1. The normalized spacial score (nSPS) is 24.3. The van der Waals surface area contributed by atoms with Gasteiger partial charge in [0.15, 0.2) is 5.65 Å². The molecule has 1 aliphatic carbocycles. The lowest BCUT2D eigenvalue weighted by Gasteiger charge is -2.29. The molecular weight excluding hydrogens is 506 g/mol. The number of anilines is 3. The van der Waals surface area contributed by atoms with E-state index in [2.05, 4.69) is 20.6 Å². The number of nitrogens with two attached hydrogens (primary N) is 1. The largest absolute Gasteiger partial charge is 0.416 e. The van der Waals surface area contributed by atoms with Gasteiger partial charge in [-0.15, -0.1) is 0 Å². The highest BCUT2D eigenvalue weighted by Crippen LogP contribution is 2.38. The minimum absolute atomic E-state index is 0.106. The van der Waals surface area contributed by atoms with Crippen LogP contribution >= 0.6 is 0 Å². The van der Waals surface area contributed by atoms with Crippen LogP contribution in [0.25, 0.3) is 11.2 Å². The molecular formula is C25H29F4N7O2. The average Bonchev–Trinajstić information content (AvgIpc) is 3.22. The van der Waals surface area contributed by atoms with Gasteiger partial charge in [-0.2, -0.15) is 18.2 Å². The fourth-order valence-electron chi connectivity index (χ4n) is 5.24. The number of hydrogen-bond acceptors (Lipinski definition) is 7. The Labute approximate surface area is 216 Å². The van der Waals surface area contributed by atoms with Crippen LogP contribution in [0.2, 0.25) is 0 Å². The Morgan fingerprint density at radius 2 is 1.92 bits per heavy atom. The highest BCUT2D eigenvalue weighted by Gasteiger charge is 2.32. The number of fused-ring (bicyclic) bond motifs is 1. The lowest BCUT2D eigenvalue weighted by molar-refractivity contribution is -0.137. The van der Waals surface area contributed by atoms with Crippen LogP contribution in [0.3, 0.4) is 0 Å². The Balaban J connectivity index is 1.51. The van der Waals surface area contributed by atoms with Crippen LogP contribution in [0.15, 0.2) is 24.4 Å². The van der Waals surface area contributed by atoms with Crippen LogP contribution in [-0.4, -0.2) is 44.2 Å². The molecule has 0 bridgehead atoms. The summed E-state index contributed by atoms with van der Waals surface area (Å²) >= 11 is 0. The second kappa shape index (κ2) is 10.4. The van der Waals surface area contributed by atoms with Crippen molar-refractivity contribution in [1.82, 2.24) is 19.5 Å². The SMILES string of the molecule is C[C@H]1C[C@@H](Nc2ncc3nc(Nc4cc(C(F)(F)F)ccc4F)n(C4CCC(C(N)=O)CC4)c3n2)CCO1. The molecule has 2 fully saturated rings. The molecule has 1 aromatic carbocycles. The number of hydrogen-bond donors (Lipinski definition) is 3. The predicted molar refractivity (Wildman–Crippen MR) is 132 cm³/mol. The summed E-state index contributed by atoms with van der Waals surface area (Å²) in [5.74, 6) is -0.924. The number of alkyl halides is 3. The molecule has 204 valence electrons. The van der Waals surface area contributed by atoms with Crippen molar-refractivity contribution in [2.45, 2.75) is 69.8 Å². The molecule has 2 atom stereocenters. The van der Waals surface area contributed by atoms with Gasteiger partial charge in [0.05, 0.1) is 23.6 Å². The topological polar surface area (TPSA) is 120 Å². The molecule has 3 aromatic rings. The summed E-state index contributed by atoms with van der Waals surface area (Å²) in [6.07, 6.45) is 0.835. The summed E-state index contributed by atoms with van der Waals surface area (Å²) in [5.41, 5.74) is 5.02. The average molecular weight is 536 g/mol. The van der Waals surface area contributed by atoms with E-state index in [0.717, 1.165) is 18.9 Å². The van der Waals surface area contributed by atoms with Gasteiger partial charge in [-0.25, -0.2) is 14.4 Å². The molecule has 1 saturated carbocycles. The standard InChI is InChI=1S/C25H29F4N7O2/c1-13-10-16(8-9-38-13)32-23-31-12-20-22(35-23)36(17-5-2-14(3-6-17)21(30)37)24(34-20)33-19-11-15(25(27,28)29)4-7-18(19)26/h4,7,11-14,16-17H,2-3,5-6,8-10H2,1H3,(H2,30,37)(H,33,34)(H,31,32,35)/t13-,14?,16-,17?/m0/s1. The predicted octanol–water partition coefficient (Wildman–Crippen LogP) is 4.92. The van der Waals surface area contributed by atoms with E-state index in [0.29, 0.717) is 61.5 Å². The van der Waals surface area contributed by atoms with Gasteiger partial charge in [0.1, 0.15) is 11.3 Å². The van der Waals surface area contributed by atoms with Gasteiger partial charge >= 0.3 is 6.18 Å². The summed E-state index contributed by atoms with van der Waals surface area (Å²) in [6, 6.07) is 2.11. The number of nitrogens with one attached hydrogen (secondary N) is 2. The number of rotatable bonds is 6. The molecule has 2 aromatic heterocycles. The number of carbonyl (C=O) groups excluding carboxylic acids is 1. The summed E-state index contributed by atoms with van der Waals surface area (Å²) in [4.78, 5) is 25.3. The Kier molecular flexibility index (Phi) is 7.12. The number of carbonyl (C=O) groups is 1. The third-order valence-electron chi connectivity index (χ3n) is 7.26. The molecule has 1 amide bonds. The summed E-state index contributed by atoms with van der Waals surface area (Å²) < 4.78 is 61.9. The van der Waals surface area contributed by atoms with Crippen molar-refractivity contribution in [3.05, 3.63) is 35.8 Å². The van der Waals surface area contributed by atoms with Gasteiger partial charge in [0, 0.05) is 24.6 Å². The third-order valence-corrected chi connectivity index (χ3v) is 7.26. The molecule has 9 nitrogen and oxygen atoms in total. The first-order chi connectivity index (χ1) is 18.1. The zero-order valence-corrected chi connectivity index (χ0v) is 20.8. The molecule has 0 spiro atoms. The Morgan fingerprint density at radius 1 is 1.16 bits per heavy atom. The van der Waals surface area contributed by atoms with Crippen LogP contribution in [-0.2, 0) is 15.7 Å². The zero-order chi connectivity index (χ0) is 27.0. The van der Waals surface area contributed by atoms with E-state index in [-0.39, 0.29) is 41.6 Å². The number of benzene rings is 1. The number of halogens is 4. The van der Waals surface area contributed by atoms with Crippen molar-refractivity contribution in [3.8, 4) is 0 Å². The molecule has 0 radical (unpaired) electrons. The summed E-state index contributed by atoms with van der Waals surface area (Å²) in [7, 11) is 0. The first kappa shape index (κ1) is 26.1. The van der Waals surface area contributed by atoms with E-state index >= 15 is 0 Å². The highest BCUT2D eigenvalue weighted by molar-refractivity contribution is 5.78. The van der Waals surface area contributed by atoms with Gasteiger partial charge in [-0.1, -0.05) is 0 Å². The lowest BCUT2D eigenvalue weighted by atomic mass is 9.85. The van der Waals surface area contributed by atoms with Gasteiger partial charge in [0.25, 0.3) is 0 Å². The van der Waals surface area contributed by atoms with Crippen molar-refractivity contribution in [2.75, 3.05) is 17.2 Å². The van der Waals surface area contributed by atoms with Crippen LogP contribution in [0.5, 0.6) is 0 Å². The van der Waals surface area contributed by atoms with E-state index in [1.807, 2.05) is 6.92 Å². The number of ether oxygens (including phenoxy) is 1. The maximum absolute atomic E-state index is 14.6. The van der Waals surface area contributed by atoms with Crippen LogP contribution in [0.4, 0.5) is 35.1 Å². The molecule has 1 aliphatic heterocycles. The lowest BCUT2D eigenvalue weighted by Crippen LogP contribution is -2.33.